The van der Waals surface area contributed by atoms with Gasteiger partial charge >= 0.3 is 17.7 Å². The predicted octanol–water partition coefficient (Wildman–Crippen LogP) is 0.301. The number of aliphatic hydroxyl groups is 1. The summed E-state index contributed by atoms with van der Waals surface area (Å²) in [6.07, 6.45) is 0. The summed E-state index contributed by atoms with van der Waals surface area (Å²) < 4.78 is 13.3. The van der Waals surface area contributed by atoms with Crippen molar-refractivity contribution in [1.29, 1.82) is 0 Å². The van der Waals surface area contributed by atoms with Crippen molar-refractivity contribution in [2.45, 2.75) is 6.04 Å². The van der Waals surface area contributed by atoms with Crippen LogP contribution in [0.4, 0.5) is 20.6 Å². The van der Waals surface area contributed by atoms with Gasteiger partial charge < -0.3 is 20.8 Å². The van der Waals surface area contributed by atoms with Crippen LogP contribution in [-0.2, 0) is 4.79 Å². The molecular formula is C10H10FN3O6. The summed E-state index contributed by atoms with van der Waals surface area (Å²) in [5.74, 6) is -2.60. The van der Waals surface area contributed by atoms with E-state index in [1.165, 1.54) is 0 Å². The van der Waals surface area contributed by atoms with E-state index in [0.29, 0.717) is 6.07 Å². The molecule has 0 aliphatic carbocycles. The second-order valence-electron chi connectivity index (χ2n) is 3.60. The lowest BCUT2D eigenvalue weighted by molar-refractivity contribution is -0.387. The molecule has 10 heteroatoms. The highest BCUT2D eigenvalue weighted by molar-refractivity contribution is 5.92. The van der Waals surface area contributed by atoms with E-state index in [2.05, 4.69) is 5.32 Å². The molecule has 4 N–H and O–H groups in total. The number of hydrogen-bond acceptors (Lipinski definition) is 5. The Kier molecular flexibility index (Phi) is 4.92. The van der Waals surface area contributed by atoms with Gasteiger partial charge in [-0.2, -0.15) is 4.39 Å². The molecule has 0 unspecified atom stereocenters. The second kappa shape index (κ2) is 6.43. The maximum Gasteiger partial charge on any atom is 0.328 e. The maximum atomic E-state index is 13.3. The van der Waals surface area contributed by atoms with E-state index in [-0.39, 0.29) is 5.69 Å². The van der Waals surface area contributed by atoms with Gasteiger partial charge in [0, 0.05) is 17.8 Å². The standard InChI is InChI=1S/C10H10FN3O6/c11-6-3-5(1-2-8(6)14(19)20)12-10(18)13-7(4-15)9(16)17/h1-3,7,15H,4H2,(H,16,17)(H2,12,13,18)/t7-/m0/s1. The van der Waals surface area contributed by atoms with Crippen LogP contribution >= 0.6 is 0 Å². The molecule has 0 aliphatic rings. The molecule has 1 aromatic carbocycles. The number of urea groups is 1. The Balaban J connectivity index is 2.74. The lowest BCUT2D eigenvalue weighted by atomic mass is 10.2. The number of rotatable bonds is 5. The minimum atomic E-state index is -1.52. The molecule has 0 saturated heterocycles. The first kappa shape index (κ1) is 15.3. The van der Waals surface area contributed by atoms with Gasteiger partial charge in [0.2, 0.25) is 5.82 Å². The Bertz CT molecular complexity index is 550. The number of nitrogens with one attached hydrogen (secondary N) is 2. The number of nitrogens with zero attached hydrogens (tertiary/aromatic N) is 1. The summed E-state index contributed by atoms with van der Waals surface area (Å²) in [5, 5.41) is 31.7. The van der Waals surface area contributed by atoms with Gasteiger partial charge in [0.1, 0.15) is 0 Å². The third kappa shape index (κ3) is 3.88. The number of carbonyl (C=O) groups is 2. The molecule has 0 radical (unpaired) electrons. The molecule has 20 heavy (non-hydrogen) atoms. The zero-order valence-electron chi connectivity index (χ0n) is 9.87. The molecule has 0 fully saturated rings. The van der Waals surface area contributed by atoms with Crippen molar-refractivity contribution in [2.75, 3.05) is 11.9 Å². The van der Waals surface area contributed by atoms with Crippen molar-refractivity contribution in [2.24, 2.45) is 0 Å². The molecule has 1 aromatic rings. The van der Waals surface area contributed by atoms with Crippen LogP contribution in [0.5, 0.6) is 0 Å². The lowest BCUT2D eigenvalue weighted by Gasteiger charge is -2.12. The summed E-state index contributed by atoms with van der Waals surface area (Å²) in [7, 11) is 0. The number of carboxylic acid groups (broad SMARTS) is 1. The summed E-state index contributed by atoms with van der Waals surface area (Å²) in [6, 6.07) is 0.130. The van der Waals surface area contributed by atoms with Crippen molar-refractivity contribution >= 4 is 23.4 Å². The Hall–Kier alpha value is -2.75. The molecular weight excluding hydrogens is 277 g/mol. The fraction of sp³-hybridized carbons (Fsp3) is 0.200. The Labute approximate surface area is 111 Å². The molecule has 0 bridgehead atoms. The van der Waals surface area contributed by atoms with Gasteiger partial charge in [0.05, 0.1) is 11.5 Å². The van der Waals surface area contributed by atoms with Crippen molar-refractivity contribution < 1.29 is 29.1 Å². The highest BCUT2D eigenvalue weighted by Crippen LogP contribution is 2.20. The van der Waals surface area contributed by atoms with Gasteiger partial charge in [-0.1, -0.05) is 0 Å². The number of nitro groups is 1. The van der Waals surface area contributed by atoms with E-state index < -0.39 is 41.1 Å². The zero-order valence-corrected chi connectivity index (χ0v) is 9.87. The maximum absolute atomic E-state index is 13.3. The number of hydrogen-bond donors (Lipinski definition) is 4. The minimum Gasteiger partial charge on any atom is -0.480 e. The first-order chi connectivity index (χ1) is 9.35. The largest absolute Gasteiger partial charge is 0.480 e. The molecule has 0 aliphatic heterocycles. The van der Waals surface area contributed by atoms with Crippen LogP contribution in [0.3, 0.4) is 0 Å². The number of halogens is 1. The van der Waals surface area contributed by atoms with Crippen molar-refractivity contribution in [3.05, 3.63) is 34.1 Å². The molecule has 1 atom stereocenters. The van der Waals surface area contributed by atoms with Crippen molar-refractivity contribution in [1.82, 2.24) is 5.32 Å². The summed E-state index contributed by atoms with van der Waals surface area (Å²) in [6.45, 7) is -0.822. The van der Waals surface area contributed by atoms with Gasteiger partial charge in [-0.15, -0.1) is 0 Å². The van der Waals surface area contributed by atoms with Crippen molar-refractivity contribution in [3.8, 4) is 0 Å². The zero-order chi connectivity index (χ0) is 15.3. The van der Waals surface area contributed by atoms with E-state index in [9.17, 15) is 24.1 Å². The number of aliphatic carboxylic acids is 1. The molecule has 1 rings (SSSR count). The SMILES string of the molecule is O=C(Nc1ccc([N+](=O)[O-])c(F)c1)N[C@@H](CO)C(=O)O. The molecule has 0 saturated carbocycles. The predicted molar refractivity (Wildman–Crippen MR) is 63.7 cm³/mol. The number of carboxylic acids is 1. The fourth-order valence-electron chi connectivity index (χ4n) is 1.24. The van der Waals surface area contributed by atoms with Gasteiger partial charge in [-0.3, -0.25) is 10.1 Å². The van der Waals surface area contributed by atoms with E-state index in [1.807, 2.05) is 5.32 Å². The van der Waals surface area contributed by atoms with Gasteiger partial charge in [0.25, 0.3) is 0 Å². The quantitative estimate of drug-likeness (QED) is 0.453. The topological polar surface area (TPSA) is 142 Å². The second-order valence-corrected chi connectivity index (χ2v) is 3.60. The smallest absolute Gasteiger partial charge is 0.328 e. The number of anilines is 1. The minimum absolute atomic E-state index is 0.104. The highest BCUT2D eigenvalue weighted by atomic mass is 19.1. The van der Waals surface area contributed by atoms with Crippen LogP contribution in [0.15, 0.2) is 18.2 Å². The van der Waals surface area contributed by atoms with Crippen LogP contribution < -0.4 is 10.6 Å². The molecule has 0 heterocycles. The first-order valence-corrected chi connectivity index (χ1v) is 5.20. The molecule has 108 valence electrons. The number of nitro benzene ring substituents is 1. The van der Waals surface area contributed by atoms with Crippen LogP contribution in [0.25, 0.3) is 0 Å². The van der Waals surface area contributed by atoms with Crippen LogP contribution in [-0.4, -0.2) is 39.8 Å². The van der Waals surface area contributed by atoms with E-state index >= 15 is 0 Å². The summed E-state index contributed by atoms with van der Waals surface area (Å²) in [5.41, 5.74) is -0.859. The van der Waals surface area contributed by atoms with Gasteiger partial charge in [-0.25, -0.2) is 9.59 Å². The number of benzene rings is 1. The number of aliphatic hydroxyl groups excluding tert-OH is 1. The van der Waals surface area contributed by atoms with Crippen LogP contribution in [0, 0.1) is 15.9 Å². The van der Waals surface area contributed by atoms with Crippen LogP contribution in [0.1, 0.15) is 0 Å². The molecule has 0 aromatic heterocycles. The van der Waals surface area contributed by atoms with Gasteiger partial charge in [-0.05, 0) is 6.07 Å². The van der Waals surface area contributed by atoms with E-state index in [4.69, 9.17) is 10.2 Å². The Morgan fingerprint density at radius 2 is 2.10 bits per heavy atom. The fourth-order valence-corrected chi connectivity index (χ4v) is 1.24. The Morgan fingerprint density at radius 3 is 2.55 bits per heavy atom. The molecule has 0 spiro atoms. The third-order valence-corrected chi connectivity index (χ3v) is 2.19. The summed E-state index contributed by atoms with van der Waals surface area (Å²) >= 11 is 0. The average molecular weight is 287 g/mol. The molecule has 2 amide bonds. The average Bonchev–Trinajstić information content (AvgIpc) is 2.35. The van der Waals surface area contributed by atoms with Crippen LogP contribution in [0.2, 0.25) is 0 Å². The summed E-state index contributed by atoms with van der Waals surface area (Å²) in [4.78, 5) is 31.4. The molecule has 9 nitrogen and oxygen atoms in total. The third-order valence-electron chi connectivity index (χ3n) is 2.19. The monoisotopic (exact) mass is 287 g/mol. The number of carbonyl (C=O) groups excluding carboxylic acids is 1. The van der Waals surface area contributed by atoms with E-state index in [1.54, 1.807) is 0 Å². The normalized spacial score (nSPS) is 11.5. The Morgan fingerprint density at radius 1 is 1.45 bits per heavy atom. The highest BCUT2D eigenvalue weighted by Gasteiger charge is 2.19. The lowest BCUT2D eigenvalue weighted by Crippen LogP contribution is -2.45. The van der Waals surface area contributed by atoms with E-state index in [0.717, 1.165) is 12.1 Å². The van der Waals surface area contributed by atoms with Crippen molar-refractivity contribution in [3.63, 3.8) is 0 Å². The number of amides is 2. The van der Waals surface area contributed by atoms with Gasteiger partial charge in [0.15, 0.2) is 6.04 Å². The first-order valence-electron chi connectivity index (χ1n) is 5.20.